The zero-order chi connectivity index (χ0) is 21.0. The second-order valence-corrected chi connectivity index (χ2v) is 6.98. The van der Waals surface area contributed by atoms with Crippen LogP contribution in [0.15, 0.2) is 36.4 Å². The summed E-state index contributed by atoms with van der Waals surface area (Å²) in [7, 11) is 0. The molecule has 1 heterocycles. The third-order valence-electron chi connectivity index (χ3n) is 3.88. The van der Waals surface area contributed by atoms with Crippen LogP contribution < -0.4 is 9.47 Å². The zero-order valence-electron chi connectivity index (χ0n) is 15.4. The van der Waals surface area contributed by atoms with E-state index in [0.29, 0.717) is 21.4 Å². The highest BCUT2D eigenvalue weighted by molar-refractivity contribution is 7.21. The first-order valence-corrected chi connectivity index (χ1v) is 9.42. The molecule has 0 saturated carbocycles. The molecule has 8 nitrogen and oxygen atoms in total. The first kappa shape index (κ1) is 20.3. The number of rotatable bonds is 8. The molecule has 3 rings (SSSR count). The van der Waals surface area contributed by atoms with Crippen molar-refractivity contribution in [3.8, 4) is 23.0 Å². The van der Waals surface area contributed by atoms with Gasteiger partial charge in [-0.25, -0.2) is 9.59 Å². The SMILES string of the molecule is CCOC(=O)c1sc2cc(OCc3ccc(O)cc3O)ccc2c1OCC(=O)O. The standard InChI is InChI=1S/C20H18O8S/c1-2-26-20(25)19-18(28-10-17(23)24)14-6-5-13(8-16(14)29-19)27-9-11-3-4-12(21)7-15(11)22/h3-8,21-22H,2,9-10H2,1H3,(H,23,24). The van der Waals surface area contributed by atoms with E-state index in [2.05, 4.69) is 0 Å². The maximum atomic E-state index is 12.2. The molecule has 152 valence electrons. The van der Waals surface area contributed by atoms with E-state index in [1.807, 2.05) is 0 Å². The highest BCUT2D eigenvalue weighted by atomic mass is 32.1. The molecule has 3 aromatic rings. The number of benzene rings is 2. The molecule has 0 atom stereocenters. The van der Waals surface area contributed by atoms with Crippen LogP contribution >= 0.6 is 11.3 Å². The lowest BCUT2D eigenvalue weighted by atomic mass is 10.2. The van der Waals surface area contributed by atoms with Gasteiger partial charge in [-0.15, -0.1) is 11.3 Å². The number of aliphatic carboxylic acids is 1. The number of carbonyl (C=O) groups is 2. The molecule has 29 heavy (non-hydrogen) atoms. The van der Waals surface area contributed by atoms with Crippen LogP contribution in [0.2, 0.25) is 0 Å². The Bertz CT molecular complexity index is 1060. The second-order valence-electron chi connectivity index (χ2n) is 5.92. The van der Waals surface area contributed by atoms with Gasteiger partial charge in [-0.05, 0) is 37.3 Å². The van der Waals surface area contributed by atoms with E-state index in [4.69, 9.17) is 19.3 Å². The molecule has 0 amide bonds. The average Bonchev–Trinajstić information content (AvgIpc) is 3.03. The van der Waals surface area contributed by atoms with Crippen LogP contribution in [-0.2, 0) is 16.1 Å². The minimum absolute atomic E-state index is 0.0494. The van der Waals surface area contributed by atoms with Gasteiger partial charge in [-0.2, -0.15) is 0 Å². The Kier molecular flexibility index (Phi) is 6.08. The van der Waals surface area contributed by atoms with Gasteiger partial charge in [-0.1, -0.05) is 0 Å². The van der Waals surface area contributed by atoms with E-state index < -0.39 is 18.5 Å². The van der Waals surface area contributed by atoms with Gasteiger partial charge < -0.3 is 29.5 Å². The van der Waals surface area contributed by atoms with Crippen molar-refractivity contribution in [3.05, 3.63) is 46.8 Å². The molecule has 9 heteroatoms. The minimum Gasteiger partial charge on any atom is -0.508 e. The van der Waals surface area contributed by atoms with Gasteiger partial charge in [0.1, 0.15) is 23.9 Å². The van der Waals surface area contributed by atoms with Crippen LogP contribution in [0.4, 0.5) is 0 Å². The van der Waals surface area contributed by atoms with E-state index in [-0.39, 0.29) is 35.3 Å². The van der Waals surface area contributed by atoms with Crippen LogP contribution in [0.5, 0.6) is 23.0 Å². The highest BCUT2D eigenvalue weighted by Gasteiger charge is 2.22. The maximum absolute atomic E-state index is 12.2. The van der Waals surface area contributed by atoms with Gasteiger partial charge in [0, 0.05) is 21.7 Å². The van der Waals surface area contributed by atoms with Crippen molar-refractivity contribution in [2.45, 2.75) is 13.5 Å². The van der Waals surface area contributed by atoms with Crippen LogP contribution in [-0.4, -0.2) is 40.5 Å². The molecule has 2 aromatic carbocycles. The Hall–Kier alpha value is -3.46. The molecule has 0 aliphatic heterocycles. The number of phenolic OH excluding ortho intramolecular Hbond substituents is 2. The van der Waals surface area contributed by atoms with Gasteiger partial charge in [0.2, 0.25) is 0 Å². The van der Waals surface area contributed by atoms with E-state index in [1.165, 1.54) is 12.1 Å². The summed E-state index contributed by atoms with van der Waals surface area (Å²) in [5.41, 5.74) is 0.492. The normalized spacial score (nSPS) is 10.7. The van der Waals surface area contributed by atoms with Gasteiger partial charge in [0.05, 0.1) is 6.61 Å². The van der Waals surface area contributed by atoms with Crippen molar-refractivity contribution < 1.29 is 39.1 Å². The topological polar surface area (TPSA) is 123 Å². The lowest BCUT2D eigenvalue weighted by Crippen LogP contribution is -2.11. The van der Waals surface area contributed by atoms with Crippen LogP contribution in [0.3, 0.4) is 0 Å². The zero-order valence-corrected chi connectivity index (χ0v) is 16.2. The van der Waals surface area contributed by atoms with E-state index in [9.17, 15) is 19.8 Å². The largest absolute Gasteiger partial charge is 0.508 e. The molecule has 0 fully saturated rings. The maximum Gasteiger partial charge on any atom is 0.352 e. The van der Waals surface area contributed by atoms with Crippen molar-refractivity contribution in [2.75, 3.05) is 13.2 Å². The number of aromatic hydroxyl groups is 2. The van der Waals surface area contributed by atoms with Gasteiger partial charge in [0.15, 0.2) is 17.2 Å². The minimum atomic E-state index is -1.16. The summed E-state index contributed by atoms with van der Waals surface area (Å²) in [5.74, 6) is -1.25. The number of carboxylic acid groups (broad SMARTS) is 1. The predicted molar refractivity (Wildman–Crippen MR) is 105 cm³/mol. The van der Waals surface area contributed by atoms with Crippen LogP contribution in [0, 0.1) is 0 Å². The molecular weight excluding hydrogens is 400 g/mol. The molecular formula is C20H18O8S. The number of carboxylic acids is 1. The Labute approximate surface area is 169 Å². The number of carbonyl (C=O) groups excluding carboxylic acids is 1. The summed E-state index contributed by atoms with van der Waals surface area (Å²) in [6.45, 7) is 1.33. The Morgan fingerprint density at radius 1 is 1.07 bits per heavy atom. The van der Waals surface area contributed by atoms with Crippen LogP contribution in [0.25, 0.3) is 10.1 Å². The fraction of sp³-hybridized carbons (Fsp3) is 0.200. The summed E-state index contributed by atoms with van der Waals surface area (Å²) in [6.07, 6.45) is 0. The first-order chi connectivity index (χ1) is 13.9. The smallest absolute Gasteiger partial charge is 0.352 e. The van der Waals surface area contributed by atoms with Gasteiger partial charge in [0.25, 0.3) is 0 Å². The molecule has 0 bridgehead atoms. The van der Waals surface area contributed by atoms with Crippen molar-refractivity contribution in [1.82, 2.24) is 0 Å². The fourth-order valence-corrected chi connectivity index (χ4v) is 3.66. The molecule has 1 aromatic heterocycles. The summed E-state index contributed by atoms with van der Waals surface area (Å²) >= 11 is 1.11. The third kappa shape index (κ3) is 4.69. The van der Waals surface area contributed by atoms with Crippen molar-refractivity contribution >= 4 is 33.4 Å². The van der Waals surface area contributed by atoms with Crippen molar-refractivity contribution in [2.24, 2.45) is 0 Å². The van der Waals surface area contributed by atoms with Crippen LogP contribution in [0.1, 0.15) is 22.2 Å². The molecule has 0 spiro atoms. The number of thiophene rings is 1. The van der Waals surface area contributed by atoms with E-state index >= 15 is 0 Å². The number of phenols is 2. The number of hydrogen-bond donors (Lipinski definition) is 3. The predicted octanol–water partition coefficient (Wildman–Crippen LogP) is 3.53. The Morgan fingerprint density at radius 2 is 1.86 bits per heavy atom. The van der Waals surface area contributed by atoms with E-state index in [0.717, 1.165) is 11.3 Å². The van der Waals surface area contributed by atoms with Crippen molar-refractivity contribution in [3.63, 3.8) is 0 Å². The number of esters is 1. The third-order valence-corrected chi connectivity index (χ3v) is 4.99. The molecule has 0 radical (unpaired) electrons. The second kappa shape index (κ2) is 8.70. The number of hydrogen-bond acceptors (Lipinski definition) is 8. The molecule has 0 aliphatic rings. The molecule has 3 N–H and O–H groups in total. The first-order valence-electron chi connectivity index (χ1n) is 8.61. The van der Waals surface area contributed by atoms with E-state index in [1.54, 1.807) is 31.2 Å². The lowest BCUT2D eigenvalue weighted by molar-refractivity contribution is -0.139. The quantitative estimate of drug-likeness (QED) is 0.475. The summed E-state index contributed by atoms with van der Waals surface area (Å²) < 4.78 is 16.7. The fourth-order valence-electron chi connectivity index (χ4n) is 2.59. The Balaban J connectivity index is 1.88. The monoisotopic (exact) mass is 418 g/mol. The van der Waals surface area contributed by atoms with Crippen molar-refractivity contribution in [1.29, 1.82) is 0 Å². The number of fused-ring (bicyclic) bond motifs is 1. The Morgan fingerprint density at radius 3 is 2.55 bits per heavy atom. The molecule has 0 unspecified atom stereocenters. The summed E-state index contributed by atoms with van der Waals surface area (Å²) in [6, 6.07) is 9.21. The van der Waals surface area contributed by atoms with Gasteiger partial charge in [-0.3, -0.25) is 0 Å². The lowest BCUT2D eigenvalue weighted by Gasteiger charge is -2.09. The summed E-state index contributed by atoms with van der Waals surface area (Å²) in [4.78, 5) is 23.3. The number of ether oxygens (including phenoxy) is 3. The summed E-state index contributed by atoms with van der Waals surface area (Å²) in [5, 5.41) is 28.6. The highest BCUT2D eigenvalue weighted by Crippen LogP contribution is 2.40. The molecule has 0 saturated heterocycles. The average molecular weight is 418 g/mol. The van der Waals surface area contributed by atoms with Gasteiger partial charge >= 0.3 is 11.9 Å². The molecule has 0 aliphatic carbocycles.